The van der Waals surface area contributed by atoms with Gasteiger partial charge in [0.05, 0.1) is 22.3 Å². The maximum atomic E-state index is 12.1. The van der Waals surface area contributed by atoms with Crippen molar-refractivity contribution in [2.24, 2.45) is 0 Å². The molecule has 8 heteroatoms. The Balaban J connectivity index is 2.46. The third kappa shape index (κ3) is 6.81. The molecule has 1 rings (SSSR count). The van der Waals surface area contributed by atoms with Crippen LogP contribution < -0.4 is 10.5 Å². The number of ether oxygens (including phenoxy) is 2. The summed E-state index contributed by atoms with van der Waals surface area (Å²) in [6.07, 6.45) is -4.09. The fraction of sp³-hybridized carbons (Fsp3) is 0.538. The van der Waals surface area contributed by atoms with Crippen LogP contribution in [0, 0.1) is 0 Å². The lowest BCUT2D eigenvalue weighted by Crippen LogP contribution is -2.18. The highest BCUT2D eigenvalue weighted by Crippen LogP contribution is 2.23. The number of halogens is 3. The van der Waals surface area contributed by atoms with Crippen molar-refractivity contribution in [1.29, 1.82) is 0 Å². The van der Waals surface area contributed by atoms with Gasteiger partial charge in [0.2, 0.25) is 0 Å². The Labute approximate surface area is 123 Å². The highest BCUT2D eigenvalue weighted by molar-refractivity contribution is 7.85. The Morgan fingerprint density at radius 3 is 2.67 bits per heavy atom. The summed E-state index contributed by atoms with van der Waals surface area (Å²) < 4.78 is 57.4. The molecule has 0 aliphatic carbocycles. The summed E-state index contributed by atoms with van der Waals surface area (Å²) >= 11 is 0. The Kier molecular flexibility index (Phi) is 6.97. The van der Waals surface area contributed by atoms with Gasteiger partial charge in [-0.1, -0.05) is 0 Å². The minimum Gasteiger partial charge on any atom is -0.494 e. The third-order valence-electron chi connectivity index (χ3n) is 2.43. The number of alkyl halides is 3. The van der Waals surface area contributed by atoms with Crippen LogP contribution in [0.3, 0.4) is 0 Å². The molecule has 0 aromatic heterocycles. The molecule has 21 heavy (non-hydrogen) atoms. The van der Waals surface area contributed by atoms with E-state index in [2.05, 4.69) is 4.74 Å². The van der Waals surface area contributed by atoms with Crippen molar-refractivity contribution >= 4 is 16.5 Å². The van der Waals surface area contributed by atoms with E-state index in [-0.39, 0.29) is 18.8 Å². The van der Waals surface area contributed by atoms with E-state index in [0.717, 1.165) is 0 Å². The van der Waals surface area contributed by atoms with Crippen LogP contribution >= 0.6 is 0 Å². The van der Waals surface area contributed by atoms with Gasteiger partial charge in [0.1, 0.15) is 12.4 Å². The second-order valence-electron chi connectivity index (χ2n) is 4.20. The first-order valence-corrected chi connectivity index (χ1v) is 7.70. The molecule has 0 saturated heterocycles. The molecule has 0 aliphatic heterocycles. The van der Waals surface area contributed by atoms with Crippen LogP contribution in [0.25, 0.3) is 0 Å². The lowest BCUT2D eigenvalue weighted by molar-refractivity contribution is -0.173. The molecule has 0 heterocycles. The molecular weight excluding hydrogens is 307 g/mol. The second kappa shape index (κ2) is 8.23. The average Bonchev–Trinajstić information content (AvgIpc) is 2.39. The maximum absolute atomic E-state index is 12.1. The van der Waals surface area contributed by atoms with Crippen LogP contribution in [-0.2, 0) is 15.5 Å². The Morgan fingerprint density at radius 1 is 1.33 bits per heavy atom. The lowest BCUT2D eigenvalue weighted by Gasteiger charge is -2.10. The van der Waals surface area contributed by atoms with E-state index in [1.165, 1.54) is 0 Å². The molecule has 1 aromatic rings. The summed E-state index contributed by atoms with van der Waals surface area (Å²) in [6, 6.07) is 4.86. The van der Waals surface area contributed by atoms with Crippen LogP contribution in [0.5, 0.6) is 5.75 Å². The highest BCUT2D eigenvalue weighted by atomic mass is 32.2. The van der Waals surface area contributed by atoms with Crippen LogP contribution in [0.15, 0.2) is 23.1 Å². The summed E-state index contributed by atoms with van der Waals surface area (Å²) in [5.74, 6) is 0.737. The van der Waals surface area contributed by atoms with E-state index in [9.17, 15) is 17.4 Å². The first-order valence-electron chi connectivity index (χ1n) is 6.38. The van der Waals surface area contributed by atoms with Gasteiger partial charge in [-0.3, -0.25) is 4.21 Å². The molecule has 2 N–H and O–H groups in total. The van der Waals surface area contributed by atoms with Crippen molar-refractivity contribution < 1.29 is 26.9 Å². The Hall–Kier alpha value is -1.28. The molecule has 120 valence electrons. The standard InChI is InChI=1S/C13H18F3NO3S/c1-2-20-10-4-5-11(17)12(8-10)21(18)7-3-6-19-9-13(14,15)16/h4-5,8H,2-3,6-7,9,17H2,1H3. The van der Waals surface area contributed by atoms with Crippen molar-refractivity contribution in [3.63, 3.8) is 0 Å². The first-order chi connectivity index (χ1) is 9.83. The van der Waals surface area contributed by atoms with Gasteiger partial charge in [0.15, 0.2) is 0 Å². The predicted molar refractivity (Wildman–Crippen MR) is 74.8 cm³/mol. The van der Waals surface area contributed by atoms with E-state index in [0.29, 0.717) is 22.9 Å². The molecule has 0 saturated carbocycles. The molecule has 1 aromatic carbocycles. The van der Waals surface area contributed by atoms with E-state index < -0.39 is 23.6 Å². The molecule has 1 unspecified atom stereocenters. The van der Waals surface area contributed by atoms with Crippen LogP contribution in [0.1, 0.15) is 13.3 Å². The van der Waals surface area contributed by atoms with Gasteiger partial charge in [-0.05, 0) is 31.5 Å². The predicted octanol–water partition coefficient (Wildman–Crippen LogP) is 2.74. The molecule has 1 atom stereocenters. The normalized spacial score (nSPS) is 13.1. The molecular formula is C13H18F3NO3S. The zero-order valence-electron chi connectivity index (χ0n) is 11.6. The van der Waals surface area contributed by atoms with Gasteiger partial charge in [-0.25, -0.2) is 0 Å². The topological polar surface area (TPSA) is 61.5 Å². The van der Waals surface area contributed by atoms with Gasteiger partial charge < -0.3 is 15.2 Å². The third-order valence-corrected chi connectivity index (χ3v) is 3.93. The fourth-order valence-electron chi connectivity index (χ4n) is 1.56. The number of rotatable bonds is 8. The zero-order valence-corrected chi connectivity index (χ0v) is 12.4. The maximum Gasteiger partial charge on any atom is 0.411 e. The minimum absolute atomic E-state index is 0.101. The molecule has 0 aliphatic rings. The molecule has 0 amide bonds. The van der Waals surface area contributed by atoms with Crippen molar-refractivity contribution in [2.75, 3.05) is 31.3 Å². The molecule has 0 spiro atoms. The number of anilines is 1. The fourth-order valence-corrected chi connectivity index (χ4v) is 2.74. The van der Waals surface area contributed by atoms with Crippen LogP contribution in [0.4, 0.5) is 18.9 Å². The smallest absolute Gasteiger partial charge is 0.411 e. The lowest BCUT2D eigenvalue weighted by atomic mass is 10.3. The van der Waals surface area contributed by atoms with E-state index in [1.54, 1.807) is 18.2 Å². The number of nitrogen functional groups attached to an aromatic ring is 1. The monoisotopic (exact) mass is 325 g/mol. The van der Waals surface area contributed by atoms with Crippen LogP contribution in [0.2, 0.25) is 0 Å². The van der Waals surface area contributed by atoms with Gasteiger partial charge >= 0.3 is 6.18 Å². The summed E-state index contributed by atoms with van der Waals surface area (Å²) in [5.41, 5.74) is 6.11. The van der Waals surface area contributed by atoms with Crippen molar-refractivity contribution in [1.82, 2.24) is 0 Å². The van der Waals surface area contributed by atoms with E-state index in [4.69, 9.17) is 10.5 Å². The van der Waals surface area contributed by atoms with Crippen molar-refractivity contribution in [2.45, 2.75) is 24.4 Å². The molecule has 0 radical (unpaired) electrons. The van der Waals surface area contributed by atoms with Gasteiger partial charge in [-0.15, -0.1) is 0 Å². The Morgan fingerprint density at radius 2 is 2.05 bits per heavy atom. The first kappa shape index (κ1) is 17.8. The molecule has 0 fully saturated rings. The summed E-state index contributed by atoms with van der Waals surface area (Å²) in [5, 5.41) is 0. The summed E-state index contributed by atoms with van der Waals surface area (Å²) in [7, 11) is -1.40. The quantitative estimate of drug-likeness (QED) is 0.590. The second-order valence-corrected chi connectivity index (χ2v) is 5.74. The van der Waals surface area contributed by atoms with E-state index in [1.807, 2.05) is 6.92 Å². The number of nitrogens with two attached hydrogens (primary N) is 1. The zero-order chi connectivity index (χ0) is 15.9. The van der Waals surface area contributed by atoms with E-state index >= 15 is 0 Å². The highest BCUT2D eigenvalue weighted by Gasteiger charge is 2.27. The molecule has 4 nitrogen and oxygen atoms in total. The molecule has 0 bridgehead atoms. The van der Waals surface area contributed by atoms with Crippen molar-refractivity contribution in [3.05, 3.63) is 18.2 Å². The van der Waals surface area contributed by atoms with Gasteiger partial charge in [0.25, 0.3) is 0 Å². The number of benzene rings is 1. The SMILES string of the molecule is CCOc1ccc(N)c(S(=O)CCCOCC(F)(F)F)c1. The van der Waals surface area contributed by atoms with Gasteiger partial charge in [-0.2, -0.15) is 13.2 Å². The largest absolute Gasteiger partial charge is 0.494 e. The number of hydrogen-bond donors (Lipinski definition) is 1. The number of hydrogen-bond acceptors (Lipinski definition) is 4. The van der Waals surface area contributed by atoms with Crippen LogP contribution in [-0.4, -0.2) is 36.0 Å². The summed E-state index contributed by atoms with van der Waals surface area (Å²) in [6.45, 7) is 0.907. The minimum atomic E-state index is -4.34. The average molecular weight is 325 g/mol. The van der Waals surface area contributed by atoms with Crippen molar-refractivity contribution in [3.8, 4) is 5.75 Å². The summed E-state index contributed by atoms with van der Waals surface area (Å²) in [4.78, 5) is 0.428. The Bertz CT molecular complexity index is 480. The van der Waals surface area contributed by atoms with Gasteiger partial charge in [0, 0.05) is 18.0 Å².